The zero-order valence-electron chi connectivity index (χ0n) is 17.6. The van der Waals surface area contributed by atoms with E-state index in [1.807, 2.05) is 18.2 Å². The highest BCUT2D eigenvalue weighted by molar-refractivity contribution is 5.62. The number of ether oxygens (including phenoxy) is 2. The van der Waals surface area contributed by atoms with Crippen molar-refractivity contribution in [1.82, 2.24) is 4.90 Å². The molecule has 2 N–H and O–H groups in total. The van der Waals surface area contributed by atoms with Gasteiger partial charge in [-0.05, 0) is 25.5 Å². The van der Waals surface area contributed by atoms with E-state index in [1.54, 1.807) is 13.2 Å². The quantitative estimate of drug-likeness (QED) is 0.821. The van der Waals surface area contributed by atoms with E-state index in [-0.39, 0.29) is 23.2 Å². The molecular weight excluding hydrogens is 378 g/mol. The van der Waals surface area contributed by atoms with Crippen LogP contribution in [0.15, 0.2) is 41.1 Å². The number of hydrogen-bond donors (Lipinski definition) is 1. The molecule has 1 heterocycles. The van der Waals surface area contributed by atoms with Crippen LogP contribution in [0.4, 0.5) is 0 Å². The van der Waals surface area contributed by atoms with E-state index in [1.165, 1.54) is 7.11 Å². The molecule has 2 aliphatic rings. The van der Waals surface area contributed by atoms with Gasteiger partial charge in [-0.25, -0.2) is 0 Å². The number of nitrogens with two attached hydrogens (primary N) is 1. The molecule has 0 fully saturated rings. The summed E-state index contributed by atoms with van der Waals surface area (Å²) in [5.41, 5.74) is 6.37. The number of para-hydroxylation sites is 1. The molecule has 1 aromatic rings. The number of benzene rings is 1. The molecule has 7 heteroatoms. The molecule has 1 aromatic carbocycles. The van der Waals surface area contributed by atoms with E-state index in [2.05, 4.69) is 37.0 Å². The maximum atomic E-state index is 10.2. The first-order valence-corrected chi connectivity index (χ1v) is 9.78. The van der Waals surface area contributed by atoms with Gasteiger partial charge in [-0.1, -0.05) is 18.2 Å². The minimum Gasteiger partial charge on any atom is -0.493 e. The fraction of sp³-hybridized carbons (Fsp3) is 0.435. The van der Waals surface area contributed by atoms with Crippen molar-refractivity contribution in [1.29, 1.82) is 15.8 Å². The second kappa shape index (κ2) is 8.11. The summed E-state index contributed by atoms with van der Waals surface area (Å²) in [6, 6.07) is 12.2. The van der Waals surface area contributed by atoms with Crippen molar-refractivity contribution in [2.75, 3.05) is 27.3 Å². The van der Waals surface area contributed by atoms with Crippen LogP contribution in [0.1, 0.15) is 25.3 Å². The van der Waals surface area contributed by atoms with Crippen molar-refractivity contribution in [3.05, 3.63) is 46.7 Å². The van der Waals surface area contributed by atoms with Crippen LogP contribution in [-0.4, -0.2) is 38.3 Å². The minimum absolute atomic E-state index is 0.00497. The number of nitriles is 3. The third-order valence-corrected chi connectivity index (χ3v) is 6.19. The van der Waals surface area contributed by atoms with Crippen molar-refractivity contribution in [3.63, 3.8) is 0 Å². The fourth-order valence-corrected chi connectivity index (χ4v) is 4.62. The third-order valence-electron chi connectivity index (χ3n) is 6.19. The molecule has 0 spiro atoms. The van der Waals surface area contributed by atoms with E-state index in [0.717, 1.165) is 5.57 Å². The van der Waals surface area contributed by atoms with Crippen molar-refractivity contribution < 1.29 is 9.47 Å². The first-order chi connectivity index (χ1) is 14.4. The highest BCUT2D eigenvalue weighted by atomic mass is 16.5. The Labute approximate surface area is 177 Å². The van der Waals surface area contributed by atoms with Gasteiger partial charge in [0.15, 0.2) is 16.9 Å². The van der Waals surface area contributed by atoms with Crippen LogP contribution >= 0.6 is 0 Å². The summed E-state index contributed by atoms with van der Waals surface area (Å²) in [5.74, 6) is 0.0791. The third kappa shape index (κ3) is 2.98. The molecule has 0 saturated heterocycles. The molecule has 2 atom stereocenters. The van der Waals surface area contributed by atoms with Gasteiger partial charge in [0.25, 0.3) is 0 Å². The van der Waals surface area contributed by atoms with Gasteiger partial charge in [-0.15, -0.1) is 0 Å². The molecule has 30 heavy (non-hydrogen) atoms. The maximum Gasteiger partial charge on any atom is 0.191 e. The van der Waals surface area contributed by atoms with Crippen LogP contribution in [0.3, 0.4) is 0 Å². The standard InChI is InChI=1S/C23H25N5O2/c1-14(2)28-9-8-15-17(10-24)22(27)23(12-25,13-26)20(18(15)11-28)16-6-5-7-19(29-3)21(16)30-4/h5-8,14,18,20H,9,11,27H2,1-4H3/t18-,20+/m1/s1. The predicted octanol–water partition coefficient (Wildman–Crippen LogP) is 2.84. The lowest BCUT2D eigenvalue weighted by atomic mass is 9.58. The van der Waals surface area contributed by atoms with Gasteiger partial charge in [-0.3, -0.25) is 4.90 Å². The largest absolute Gasteiger partial charge is 0.493 e. The lowest BCUT2D eigenvalue weighted by molar-refractivity contribution is 0.172. The van der Waals surface area contributed by atoms with Crippen molar-refractivity contribution in [2.24, 2.45) is 17.1 Å². The molecule has 0 amide bonds. The average molecular weight is 403 g/mol. The summed E-state index contributed by atoms with van der Waals surface area (Å²) in [7, 11) is 3.07. The Bertz CT molecular complexity index is 1020. The molecule has 0 radical (unpaired) electrons. The van der Waals surface area contributed by atoms with Crippen LogP contribution in [-0.2, 0) is 0 Å². The molecule has 1 aliphatic heterocycles. The van der Waals surface area contributed by atoms with Crippen molar-refractivity contribution in [3.8, 4) is 29.7 Å². The molecule has 3 rings (SSSR count). The number of nitrogens with zero attached hydrogens (tertiary/aromatic N) is 4. The molecule has 0 saturated carbocycles. The first kappa shape index (κ1) is 21.2. The van der Waals surface area contributed by atoms with Crippen LogP contribution in [0.2, 0.25) is 0 Å². The second-order valence-corrected chi connectivity index (χ2v) is 7.81. The van der Waals surface area contributed by atoms with Crippen molar-refractivity contribution in [2.45, 2.75) is 25.8 Å². The Morgan fingerprint density at radius 3 is 2.40 bits per heavy atom. The second-order valence-electron chi connectivity index (χ2n) is 7.81. The van der Waals surface area contributed by atoms with Crippen molar-refractivity contribution >= 4 is 0 Å². The Morgan fingerprint density at radius 1 is 1.17 bits per heavy atom. The SMILES string of the molecule is COc1cccc([C@H]2[C@@H]3CN(C(C)C)CC=C3C(C#N)=C(N)C2(C#N)C#N)c1OC. The van der Waals surface area contributed by atoms with E-state index in [4.69, 9.17) is 15.2 Å². The summed E-state index contributed by atoms with van der Waals surface area (Å²) in [6.07, 6.45) is 2.00. The average Bonchev–Trinajstić information content (AvgIpc) is 2.77. The van der Waals surface area contributed by atoms with Gasteiger partial charge in [0, 0.05) is 36.5 Å². The summed E-state index contributed by atoms with van der Waals surface area (Å²) in [5, 5.41) is 30.3. The normalized spacial score (nSPS) is 22.9. The maximum absolute atomic E-state index is 10.2. The molecular formula is C23H25N5O2. The first-order valence-electron chi connectivity index (χ1n) is 9.78. The minimum atomic E-state index is -1.70. The Balaban J connectivity index is 2.37. The van der Waals surface area contributed by atoms with Crippen LogP contribution < -0.4 is 15.2 Å². The zero-order valence-corrected chi connectivity index (χ0v) is 17.6. The van der Waals surface area contributed by atoms with E-state index < -0.39 is 11.3 Å². The Morgan fingerprint density at radius 2 is 1.87 bits per heavy atom. The zero-order chi connectivity index (χ0) is 22.1. The number of allylic oxidation sites excluding steroid dienone is 2. The van der Waals surface area contributed by atoms with E-state index in [0.29, 0.717) is 30.2 Å². The highest BCUT2D eigenvalue weighted by Gasteiger charge is 2.55. The van der Waals surface area contributed by atoms with Gasteiger partial charge >= 0.3 is 0 Å². The van der Waals surface area contributed by atoms with E-state index >= 15 is 0 Å². The number of rotatable bonds is 4. The van der Waals surface area contributed by atoms with Gasteiger partial charge < -0.3 is 15.2 Å². The van der Waals surface area contributed by atoms with E-state index in [9.17, 15) is 15.8 Å². The summed E-state index contributed by atoms with van der Waals surface area (Å²) < 4.78 is 11.1. The fourth-order valence-electron chi connectivity index (χ4n) is 4.62. The van der Waals surface area contributed by atoms with Gasteiger partial charge in [0.2, 0.25) is 0 Å². The summed E-state index contributed by atoms with van der Waals surface area (Å²) in [6.45, 7) is 5.47. The Hall–Kier alpha value is -3.47. The van der Waals surface area contributed by atoms with Crippen LogP contribution in [0, 0.1) is 45.3 Å². The monoisotopic (exact) mass is 403 g/mol. The van der Waals surface area contributed by atoms with Crippen LogP contribution in [0.5, 0.6) is 11.5 Å². The predicted molar refractivity (Wildman–Crippen MR) is 111 cm³/mol. The smallest absolute Gasteiger partial charge is 0.191 e. The number of hydrogen-bond acceptors (Lipinski definition) is 7. The summed E-state index contributed by atoms with van der Waals surface area (Å²) in [4.78, 5) is 2.25. The highest BCUT2D eigenvalue weighted by Crippen LogP contribution is 2.56. The number of methoxy groups -OCH3 is 2. The lowest BCUT2D eigenvalue weighted by Crippen LogP contribution is -2.49. The topological polar surface area (TPSA) is 119 Å². The molecule has 1 aliphatic carbocycles. The molecule has 0 bridgehead atoms. The number of fused-ring (bicyclic) bond motifs is 1. The van der Waals surface area contributed by atoms with Gasteiger partial charge in [0.05, 0.1) is 37.6 Å². The van der Waals surface area contributed by atoms with Gasteiger partial charge in [0.1, 0.15) is 6.07 Å². The molecule has 0 unspecified atom stereocenters. The Kier molecular flexibility index (Phi) is 5.74. The molecule has 0 aromatic heterocycles. The molecule has 7 nitrogen and oxygen atoms in total. The lowest BCUT2D eigenvalue weighted by Gasteiger charge is -2.46. The molecule has 154 valence electrons. The van der Waals surface area contributed by atoms with Gasteiger partial charge in [-0.2, -0.15) is 15.8 Å². The van der Waals surface area contributed by atoms with Crippen LogP contribution in [0.25, 0.3) is 0 Å². The summed E-state index contributed by atoms with van der Waals surface area (Å²) >= 11 is 0.